The molecule has 114 valence electrons. The van der Waals surface area contributed by atoms with E-state index in [2.05, 4.69) is 21.5 Å². The molecule has 2 heterocycles. The van der Waals surface area contributed by atoms with Crippen molar-refractivity contribution in [1.82, 2.24) is 9.71 Å². The van der Waals surface area contributed by atoms with Crippen molar-refractivity contribution < 1.29 is 8.42 Å². The lowest BCUT2D eigenvalue weighted by molar-refractivity contribution is 0.573. The highest BCUT2D eigenvalue weighted by Crippen LogP contribution is 2.24. The van der Waals surface area contributed by atoms with E-state index in [0.29, 0.717) is 17.4 Å². The molecule has 0 saturated carbocycles. The smallest absolute Gasteiger partial charge is 0.242 e. The highest BCUT2D eigenvalue weighted by atomic mass is 32.2. The summed E-state index contributed by atoms with van der Waals surface area (Å²) in [6.07, 6.45) is 6.32. The van der Waals surface area contributed by atoms with Gasteiger partial charge in [0.25, 0.3) is 0 Å². The van der Waals surface area contributed by atoms with Crippen LogP contribution in [0.5, 0.6) is 0 Å². The predicted octanol–water partition coefficient (Wildman–Crippen LogP) is 0.956. The lowest BCUT2D eigenvalue weighted by Crippen LogP contribution is -2.32. The van der Waals surface area contributed by atoms with Gasteiger partial charge in [0.05, 0.1) is 6.54 Å². The van der Waals surface area contributed by atoms with E-state index in [1.54, 1.807) is 0 Å². The minimum atomic E-state index is -3.53. The van der Waals surface area contributed by atoms with Crippen LogP contribution >= 0.6 is 11.8 Å². The number of nitrogens with zero attached hydrogens (tertiary/aromatic N) is 1. The largest absolute Gasteiger partial charge is 0.320 e. The topological polar surface area (TPSA) is 85.1 Å². The van der Waals surface area contributed by atoms with Crippen molar-refractivity contribution in [2.75, 3.05) is 18.8 Å². The van der Waals surface area contributed by atoms with E-state index < -0.39 is 10.0 Å². The molecule has 1 aromatic heterocycles. The Morgan fingerprint density at radius 3 is 3.00 bits per heavy atom. The molecule has 7 heteroatoms. The van der Waals surface area contributed by atoms with Crippen LogP contribution < -0.4 is 10.5 Å². The summed E-state index contributed by atoms with van der Waals surface area (Å²) in [4.78, 5) is 4.08. The SMILES string of the molecule is NCC#Cc1cncc(S(=O)(=O)NCC2CCCCS2)c1. The van der Waals surface area contributed by atoms with Gasteiger partial charge in [-0.15, -0.1) is 0 Å². The molecule has 2 rings (SSSR count). The Balaban J connectivity index is 2.04. The van der Waals surface area contributed by atoms with Crippen molar-refractivity contribution in [2.45, 2.75) is 29.4 Å². The van der Waals surface area contributed by atoms with Crippen molar-refractivity contribution >= 4 is 21.8 Å². The van der Waals surface area contributed by atoms with E-state index in [0.717, 1.165) is 12.2 Å². The van der Waals surface area contributed by atoms with E-state index >= 15 is 0 Å². The van der Waals surface area contributed by atoms with E-state index in [4.69, 9.17) is 5.73 Å². The zero-order chi connectivity index (χ0) is 15.1. The molecule has 0 bridgehead atoms. The van der Waals surface area contributed by atoms with Gasteiger partial charge < -0.3 is 5.73 Å². The number of hydrogen-bond acceptors (Lipinski definition) is 5. The molecule has 0 radical (unpaired) electrons. The molecular weight excluding hydrogens is 306 g/mol. The van der Waals surface area contributed by atoms with Crippen molar-refractivity contribution in [1.29, 1.82) is 0 Å². The zero-order valence-corrected chi connectivity index (χ0v) is 13.3. The first-order valence-corrected chi connectivity index (χ1v) is 9.40. The second-order valence-corrected chi connectivity index (χ2v) is 7.93. The summed E-state index contributed by atoms with van der Waals surface area (Å²) < 4.78 is 27.2. The first kappa shape index (κ1) is 16.3. The summed E-state index contributed by atoms with van der Waals surface area (Å²) in [6.45, 7) is 0.694. The monoisotopic (exact) mass is 325 g/mol. The second kappa shape index (κ2) is 7.80. The number of sulfonamides is 1. The Bertz CT molecular complexity index is 629. The Morgan fingerprint density at radius 2 is 2.29 bits per heavy atom. The third-order valence-corrected chi connectivity index (χ3v) is 5.92. The molecule has 3 N–H and O–H groups in total. The fourth-order valence-corrected chi connectivity index (χ4v) is 4.45. The van der Waals surface area contributed by atoms with Crippen LogP contribution in [0.3, 0.4) is 0 Å². The van der Waals surface area contributed by atoms with Crippen LogP contribution in [0.15, 0.2) is 23.4 Å². The molecule has 21 heavy (non-hydrogen) atoms. The summed E-state index contributed by atoms with van der Waals surface area (Å²) in [6, 6.07) is 1.52. The molecule has 1 unspecified atom stereocenters. The Kier molecular flexibility index (Phi) is 6.06. The second-order valence-electron chi connectivity index (χ2n) is 4.76. The molecule has 0 amide bonds. The summed E-state index contributed by atoms with van der Waals surface area (Å²) in [5.74, 6) is 6.58. The number of thioether (sulfide) groups is 1. The Labute approximate surface area is 130 Å². The molecule has 1 aliphatic heterocycles. The lowest BCUT2D eigenvalue weighted by Gasteiger charge is -2.21. The zero-order valence-electron chi connectivity index (χ0n) is 11.7. The normalized spacial score (nSPS) is 18.8. The fraction of sp³-hybridized carbons (Fsp3) is 0.500. The van der Waals surface area contributed by atoms with E-state index in [1.807, 2.05) is 11.8 Å². The van der Waals surface area contributed by atoms with Crippen LogP contribution in [0.2, 0.25) is 0 Å². The maximum Gasteiger partial charge on any atom is 0.242 e. The van der Waals surface area contributed by atoms with Gasteiger partial charge in [0.2, 0.25) is 10.0 Å². The maximum absolute atomic E-state index is 12.3. The molecule has 1 saturated heterocycles. The predicted molar refractivity (Wildman–Crippen MR) is 85.5 cm³/mol. The molecule has 1 aromatic rings. The van der Waals surface area contributed by atoms with Gasteiger partial charge in [-0.3, -0.25) is 4.98 Å². The molecule has 0 spiro atoms. The number of rotatable bonds is 4. The van der Waals surface area contributed by atoms with Gasteiger partial charge >= 0.3 is 0 Å². The van der Waals surface area contributed by atoms with E-state index in [9.17, 15) is 8.42 Å². The summed E-state index contributed by atoms with van der Waals surface area (Å²) in [7, 11) is -3.53. The van der Waals surface area contributed by atoms with Gasteiger partial charge in [-0.1, -0.05) is 18.3 Å². The van der Waals surface area contributed by atoms with Crippen molar-refractivity contribution in [3.63, 3.8) is 0 Å². The number of nitrogens with one attached hydrogen (secondary N) is 1. The van der Waals surface area contributed by atoms with Gasteiger partial charge in [0.1, 0.15) is 4.90 Å². The van der Waals surface area contributed by atoms with Crippen LogP contribution in [-0.4, -0.2) is 37.5 Å². The van der Waals surface area contributed by atoms with Gasteiger partial charge in [-0.2, -0.15) is 11.8 Å². The lowest BCUT2D eigenvalue weighted by atomic mass is 10.2. The average molecular weight is 325 g/mol. The summed E-state index contributed by atoms with van der Waals surface area (Å²) >= 11 is 1.83. The minimum absolute atomic E-state index is 0.145. The fourth-order valence-electron chi connectivity index (χ4n) is 2.04. The third kappa shape index (κ3) is 5.00. The van der Waals surface area contributed by atoms with Crippen molar-refractivity contribution in [3.05, 3.63) is 24.0 Å². The summed E-state index contributed by atoms with van der Waals surface area (Å²) in [5, 5.41) is 0.363. The maximum atomic E-state index is 12.3. The third-order valence-electron chi connectivity index (χ3n) is 3.13. The van der Waals surface area contributed by atoms with Gasteiger partial charge in [-0.05, 0) is 24.7 Å². The number of pyridine rings is 1. The van der Waals surface area contributed by atoms with Gasteiger partial charge in [0.15, 0.2) is 0 Å². The van der Waals surface area contributed by atoms with E-state index in [-0.39, 0.29) is 11.4 Å². The van der Waals surface area contributed by atoms with Gasteiger partial charge in [-0.25, -0.2) is 13.1 Å². The first-order valence-electron chi connectivity index (χ1n) is 6.87. The quantitative estimate of drug-likeness (QED) is 0.805. The number of nitrogens with two attached hydrogens (primary N) is 1. The molecule has 1 atom stereocenters. The van der Waals surface area contributed by atoms with Crippen LogP contribution in [0.25, 0.3) is 0 Å². The van der Waals surface area contributed by atoms with Crippen molar-refractivity contribution in [2.24, 2.45) is 5.73 Å². The minimum Gasteiger partial charge on any atom is -0.320 e. The molecule has 5 nitrogen and oxygen atoms in total. The summed E-state index contributed by atoms with van der Waals surface area (Å²) in [5.41, 5.74) is 5.85. The van der Waals surface area contributed by atoms with E-state index in [1.165, 1.54) is 31.3 Å². The Hall–Kier alpha value is -1.07. The molecule has 1 fully saturated rings. The number of hydrogen-bond donors (Lipinski definition) is 2. The highest BCUT2D eigenvalue weighted by Gasteiger charge is 2.19. The average Bonchev–Trinajstić information content (AvgIpc) is 2.52. The van der Waals surface area contributed by atoms with Gasteiger partial charge in [0, 0.05) is 29.8 Å². The van der Waals surface area contributed by atoms with Crippen LogP contribution in [0, 0.1) is 11.8 Å². The molecule has 0 aliphatic carbocycles. The first-order chi connectivity index (χ1) is 10.1. The Morgan fingerprint density at radius 1 is 1.43 bits per heavy atom. The molecular formula is C14H19N3O2S2. The van der Waals surface area contributed by atoms with Crippen molar-refractivity contribution in [3.8, 4) is 11.8 Å². The molecule has 1 aliphatic rings. The van der Waals surface area contributed by atoms with Crippen LogP contribution in [0.1, 0.15) is 24.8 Å². The molecule has 0 aromatic carbocycles. The number of aromatic nitrogens is 1. The standard InChI is InChI=1S/C14H19N3O2S2/c15-6-3-4-12-8-14(11-16-9-12)21(18,19)17-10-13-5-1-2-7-20-13/h8-9,11,13,17H,1-2,5-7,10,15H2. The van der Waals surface area contributed by atoms with Crippen LogP contribution in [-0.2, 0) is 10.0 Å². The highest BCUT2D eigenvalue weighted by molar-refractivity contribution is 8.00. The van der Waals surface area contributed by atoms with Crippen LogP contribution in [0.4, 0.5) is 0 Å².